The van der Waals surface area contributed by atoms with Gasteiger partial charge in [-0.3, -0.25) is 14.5 Å². The predicted octanol–water partition coefficient (Wildman–Crippen LogP) is 1.93. The zero-order valence-electron chi connectivity index (χ0n) is 12.3. The van der Waals surface area contributed by atoms with Crippen LogP contribution in [-0.2, 0) is 9.59 Å². The molecule has 0 spiro atoms. The summed E-state index contributed by atoms with van der Waals surface area (Å²) in [5.74, 6) is 0.487. The third-order valence-electron chi connectivity index (χ3n) is 5.29. The summed E-state index contributed by atoms with van der Waals surface area (Å²) >= 11 is 0. The Morgan fingerprint density at radius 2 is 1.58 bits per heavy atom. The monoisotopic (exact) mass is 266 g/mol. The molecule has 108 valence electrons. The fourth-order valence-electron chi connectivity index (χ4n) is 3.48. The number of nitrogens with zero attached hydrogens (tertiary/aromatic N) is 1. The predicted molar refractivity (Wildman–Crippen MR) is 74.2 cm³/mol. The molecule has 2 unspecified atom stereocenters. The second kappa shape index (κ2) is 5.23. The molecule has 2 aliphatic rings. The molecule has 2 atom stereocenters. The minimum atomic E-state index is -0.423. The summed E-state index contributed by atoms with van der Waals surface area (Å²) in [5, 5.41) is 0. The van der Waals surface area contributed by atoms with E-state index in [0.717, 1.165) is 32.1 Å². The maximum absolute atomic E-state index is 12.4. The van der Waals surface area contributed by atoms with Crippen molar-refractivity contribution in [3.05, 3.63) is 0 Å². The average Bonchev–Trinajstić information content (AvgIpc) is 2.94. The molecule has 0 aromatic carbocycles. The number of nitrogens with two attached hydrogens (primary N) is 1. The lowest BCUT2D eigenvalue weighted by Gasteiger charge is -2.31. The minimum absolute atomic E-state index is 0.0303. The van der Waals surface area contributed by atoms with E-state index in [1.165, 1.54) is 4.90 Å². The van der Waals surface area contributed by atoms with Gasteiger partial charge >= 0.3 is 0 Å². The standard InChI is InChI=1S/C15H26N2O2/c1-4-10-7-11-12(8-10)14(19)17(13(11)18)9-15(16,5-2)6-3/h10-12H,4-9,16H2,1-3H3. The first-order chi connectivity index (χ1) is 8.95. The molecule has 0 aromatic rings. The molecule has 0 bridgehead atoms. The number of hydrogen-bond donors (Lipinski definition) is 1. The number of hydrogen-bond acceptors (Lipinski definition) is 3. The van der Waals surface area contributed by atoms with E-state index < -0.39 is 5.54 Å². The van der Waals surface area contributed by atoms with Crippen molar-refractivity contribution in [2.75, 3.05) is 6.54 Å². The average molecular weight is 266 g/mol. The number of likely N-dealkylation sites (tertiary alicyclic amines) is 1. The summed E-state index contributed by atoms with van der Waals surface area (Å²) in [5.41, 5.74) is 5.84. The summed E-state index contributed by atoms with van der Waals surface area (Å²) in [6.07, 6.45) is 4.41. The highest BCUT2D eigenvalue weighted by Gasteiger charge is 2.53. The molecule has 1 saturated carbocycles. The van der Waals surface area contributed by atoms with Gasteiger partial charge in [0, 0.05) is 12.1 Å². The van der Waals surface area contributed by atoms with E-state index in [0.29, 0.717) is 12.5 Å². The normalized spacial score (nSPS) is 31.2. The van der Waals surface area contributed by atoms with Gasteiger partial charge < -0.3 is 5.73 Å². The van der Waals surface area contributed by atoms with Crippen molar-refractivity contribution in [1.29, 1.82) is 0 Å². The van der Waals surface area contributed by atoms with E-state index in [-0.39, 0.29) is 23.7 Å². The quantitative estimate of drug-likeness (QED) is 0.773. The SMILES string of the molecule is CCC1CC2C(=O)N(CC(N)(CC)CC)C(=O)C2C1. The van der Waals surface area contributed by atoms with Crippen LogP contribution < -0.4 is 5.73 Å². The van der Waals surface area contributed by atoms with Crippen molar-refractivity contribution in [2.45, 2.75) is 58.4 Å². The van der Waals surface area contributed by atoms with Crippen LogP contribution in [0.25, 0.3) is 0 Å². The number of imide groups is 1. The molecule has 1 saturated heterocycles. The van der Waals surface area contributed by atoms with Crippen LogP contribution in [0.2, 0.25) is 0 Å². The van der Waals surface area contributed by atoms with Gasteiger partial charge in [0.25, 0.3) is 0 Å². The lowest BCUT2D eigenvalue weighted by molar-refractivity contribution is -0.141. The molecule has 4 heteroatoms. The molecule has 2 fully saturated rings. The van der Waals surface area contributed by atoms with E-state index >= 15 is 0 Å². The van der Waals surface area contributed by atoms with E-state index in [2.05, 4.69) is 6.92 Å². The summed E-state index contributed by atoms with van der Waals surface area (Å²) in [7, 11) is 0. The van der Waals surface area contributed by atoms with Gasteiger partial charge in [-0.15, -0.1) is 0 Å². The number of fused-ring (bicyclic) bond motifs is 1. The molecule has 2 N–H and O–H groups in total. The molecular formula is C15H26N2O2. The van der Waals surface area contributed by atoms with Gasteiger partial charge in [-0.25, -0.2) is 0 Å². The number of amides is 2. The Bertz CT molecular complexity index is 352. The molecule has 1 aliphatic carbocycles. The van der Waals surface area contributed by atoms with Gasteiger partial charge in [0.2, 0.25) is 11.8 Å². The molecule has 0 radical (unpaired) electrons. The second-order valence-corrected chi connectivity index (χ2v) is 6.29. The van der Waals surface area contributed by atoms with Crippen molar-refractivity contribution in [1.82, 2.24) is 4.90 Å². The Kier molecular flexibility index (Phi) is 4.00. The van der Waals surface area contributed by atoms with E-state index in [9.17, 15) is 9.59 Å². The number of carbonyl (C=O) groups excluding carboxylic acids is 2. The largest absolute Gasteiger partial charge is 0.324 e. The molecule has 1 aliphatic heterocycles. The fourth-order valence-corrected chi connectivity index (χ4v) is 3.48. The van der Waals surface area contributed by atoms with Gasteiger partial charge in [-0.2, -0.15) is 0 Å². The Morgan fingerprint density at radius 3 is 1.95 bits per heavy atom. The Labute approximate surface area is 115 Å². The fraction of sp³-hybridized carbons (Fsp3) is 0.867. The minimum Gasteiger partial charge on any atom is -0.324 e. The zero-order chi connectivity index (χ0) is 14.2. The first-order valence-electron chi connectivity index (χ1n) is 7.59. The number of carbonyl (C=O) groups is 2. The summed E-state index contributed by atoms with van der Waals surface area (Å²) in [4.78, 5) is 26.3. The van der Waals surface area contributed by atoms with Crippen molar-refractivity contribution < 1.29 is 9.59 Å². The Hall–Kier alpha value is -0.900. The second-order valence-electron chi connectivity index (χ2n) is 6.29. The van der Waals surface area contributed by atoms with E-state index in [1.54, 1.807) is 0 Å². The van der Waals surface area contributed by atoms with Gasteiger partial charge in [0.05, 0.1) is 11.8 Å². The van der Waals surface area contributed by atoms with E-state index in [1.807, 2.05) is 13.8 Å². The van der Waals surface area contributed by atoms with Crippen molar-refractivity contribution in [3.8, 4) is 0 Å². The van der Waals surface area contributed by atoms with Crippen molar-refractivity contribution >= 4 is 11.8 Å². The number of rotatable bonds is 5. The lowest BCUT2D eigenvalue weighted by Crippen LogP contribution is -2.51. The Morgan fingerprint density at radius 1 is 1.11 bits per heavy atom. The van der Waals surface area contributed by atoms with Crippen LogP contribution in [0.15, 0.2) is 0 Å². The smallest absolute Gasteiger partial charge is 0.233 e. The summed E-state index contributed by atoms with van der Waals surface area (Å²) < 4.78 is 0. The first kappa shape index (κ1) is 14.5. The first-order valence-corrected chi connectivity index (χ1v) is 7.59. The molecule has 0 aromatic heterocycles. The van der Waals surface area contributed by atoms with Gasteiger partial charge in [-0.05, 0) is 31.6 Å². The van der Waals surface area contributed by atoms with E-state index in [4.69, 9.17) is 5.73 Å². The van der Waals surface area contributed by atoms with Crippen molar-refractivity contribution in [3.63, 3.8) is 0 Å². The van der Waals surface area contributed by atoms with Crippen LogP contribution in [0.5, 0.6) is 0 Å². The topological polar surface area (TPSA) is 63.4 Å². The third kappa shape index (κ3) is 2.42. The maximum atomic E-state index is 12.4. The molecule has 2 rings (SSSR count). The highest BCUT2D eigenvalue weighted by Crippen LogP contribution is 2.44. The molecule has 19 heavy (non-hydrogen) atoms. The maximum Gasteiger partial charge on any atom is 0.233 e. The lowest BCUT2D eigenvalue weighted by atomic mass is 9.93. The van der Waals surface area contributed by atoms with Gasteiger partial charge in [0.1, 0.15) is 0 Å². The summed E-state index contributed by atoms with van der Waals surface area (Å²) in [6, 6.07) is 0. The zero-order valence-corrected chi connectivity index (χ0v) is 12.3. The summed E-state index contributed by atoms with van der Waals surface area (Å²) in [6.45, 7) is 6.56. The Balaban J connectivity index is 2.10. The molecular weight excluding hydrogens is 240 g/mol. The highest BCUT2D eigenvalue weighted by molar-refractivity contribution is 6.05. The van der Waals surface area contributed by atoms with Crippen LogP contribution in [0.4, 0.5) is 0 Å². The molecule has 2 amide bonds. The van der Waals surface area contributed by atoms with Gasteiger partial charge in [-0.1, -0.05) is 27.2 Å². The third-order valence-corrected chi connectivity index (χ3v) is 5.29. The van der Waals surface area contributed by atoms with Crippen LogP contribution >= 0.6 is 0 Å². The van der Waals surface area contributed by atoms with Crippen LogP contribution in [0.3, 0.4) is 0 Å². The van der Waals surface area contributed by atoms with Crippen LogP contribution in [0, 0.1) is 17.8 Å². The van der Waals surface area contributed by atoms with Crippen molar-refractivity contribution in [2.24, 2.45) is 23.5 Å². The molecule has 1 heterocycles. The highest BCUT2D eigenvalue weighted by atomic mass is 16.2. The van der Waals surface area contributed by atoms with Crippen LogP contribution in [-0.4, -0.2) is 28.8 Å². The molecule has 4 nitrogen and oxygen atoms in total. The van der Waals surface area contributed by atoms with Gasteiger partial charge in [0.15, 0.2) is 0 Å². The van der Waals surface area contributed by atoms with Crippen LogP contribution in [0.1, 0.15) is 52.9 Å².